The van der Waals surface area contributed by atoms with E-state index in [9.17, 15) is 8.42 Å². The Kier molecular flexibility index (Phi) is 5.02. The third-order valence-corrected chi connectivity index (χ3v) is 6.29. The highest BCUT2D eigenvalue weighted by Crippen LogP contribution is 2.23. The lowest BCUT2D eigenvalue weighted by atomic mass is 10.1. The molecule has 7 heteroatoms. The smallest absolute Gasteiger partial charge is 0.151 e. The maximum absolute atomic E-state index is 11.8. The molecule has 3 heterocycles. The second kappa shape index (κ2) is 6.83. The van der Waals surface area contributed by atoms with Gasteiger partial charge in [-0.3, -0.25) is 4.90 Å². The zero-order valence-corrected chi connectivity index (χ0v) is 14.0. The number of ether oxygens (including phenoxy) is 1. The van der Waals surface area contributed by atoms with Crippen LogP contribution in [-0.2, 0) is 21.1 Å². The third-order valence-electron chi connectivity index (χ3n) is 4.32. The van der Waals surface area contributed by atoms with Crippen molar-refractivity contribution in [2.75, 3.05) is 24.7 Å². The van der Waals surface area contributed by atoms with Crippen LogP contribution in [0, 0.1) is 0 Å². The van der Waals surface area contributed by atoms with Crippen LogP contribution in [0.5, 0.6) is 0 Å². The molecular formula is C15H21ClN2O3S. The van der Waals surface area contributed by atoms with Crippen LogP contribution in [-0.4, -0.2) is 55.1 Å². The van der Waals surface area contributed by atoms with Crippen LogP contribution in [0.25, 0.3) is 0 Å². The lowest BCUT2D eigenvalue weighted by Gasteiger charge is -2.30. The molecule has 2 fully saturated rings. The summed E-state index contributed by atoms with van der Waals surface area (Å²) in [5.41, 5.74) is 0.870. The molecule has 1 aromatic heterocycles. The van der Waals surface area contributed by atoms with E-state index >= 15 is 0 Å². The van der Waals surface area contributed by atoms with Crippen molar-refractivity contribution in [3.63, 3.8) is 0 Å². The third kappa shape index (κ3) is 4.19. The maximum Gasteiger partial charge on any atom is 0.151 e. The summed E-state index contributed by atoms with van der Waals surface area (Å²) in [6, 6.07) is 5.60. The van der Waals surface area contributed by atoms with Gasteiger partial charge < -0.3 is 4.74 Å². The zero-order valence-electron chi connectivity index (χ0n) is 12.4. The molecule has 3 rings (SSSR count). The second-order valence-electron chi connectivity index (χ2n) is 6.07. The van der Waals surface area contributed by atoms with E-state index in [0.29, 0.717) is 18.1 Å². The Labute approximate surface area is 136 Å². The summed E-state index contributed by atoms with van der Waals surface area (Å²) in [5.74, 6) is 0.517. The van der Waals surface area contributed by atoms with Crippen LogP contribution in [0.15, 0.2) is 18.2 Å². The van der Waals surface area contributed by atoms with E-state index in [-0.39, 0.29) is 23.7 Å². The molecule has 1 aromatic rings. The molecule has 0 spiro atoms. The standard InChI is InChI=1S/C15H21ClN2O3S/c16-15-5-1-3-12(17-15)9-18(10-14-4-2-7-21-14)13-6-8-22(19,20)11-13/h1,3,5,13-14H,2,4,6-11H2/t13-,14-/m0/s1. The fraction of sp³-hybridized carbons (Fsp3) is 0.667. The predicted octanol–water partition coefficient (Wildman–Crippen LogP) is 1.90. The van der Waals surface area contributed by atoms with Gasteiger partial charge in [-0.2, -0.15) is 0 Å². The van der Waals surface area contributed by atoms with Crippen molar-refractivity contribution in [3.8, 4) is 0 Å². The highest BCUT2D eigenvalue weighted by molar-refractivity contribution is 7.91. The number of sulfone groups is 1. The number of hydrogen-bond donors (Lipinski definition) is 0. The number of nitrogens with zero attached hydrogens (tertiary/aromatic N) is 2. The quantitative estimate of drug-likeness (QED) is 0.763. The molecular weight excluding hydrogens is 324 g/mol. The predicted molar refractivity (Wildman–Crippen MR) is 85.7 cm³/mol. The first-order valence-corrected chi connectivity index (χ1v) is 9.89. The van der Waals surface area contributed by atoms with Crippen LogP contribution in [0.1, 0.15) is 25.0 Å². The number of halogens is 1. The van der Waals surface area contributed by atoms with Crippen molar-refractivity contribution in [3.05, 3.63) is 29.0 Å². The van der Waals surface area contributed by atoms with Gasteiger partial charge in [-0.05, 0) is 31.4 Å². The van der Waals surface area contributed by atoms with Crippen molar-refractivity contribution in [1.82, 2.24) is 9.88 Å². The van der Waals surface area contributed by atoms with E-state index in [1.54, 1.807) is 6.07 Å². The Bertz CT molecular complexity index is 617. The molecule has 0 N–H and O–H groups in total. The summed E-state index contributed by atoms with van der Waals surface area (Å²) in [4.78, 5) is 6.54. The molecule has 0 radical (unpaired) electrons. The summed E-state index contributed by atoms with van der Waals surface area (Å²) in [7, 11) is -2.90. The van der Waals surface area contributed by atoms with E-state index in [4.69, 9.17) is 16.3 Å². The van der Waals surface area contributed by atoms with Gasteiger partial charge >= 0.3 is 0 Å². The molecule has 5 nitrogen and oxygen atoms in total. The van der Waals surface area contributed by atoms with Gasteiger partial charge in [-0.15, -0.1) is 0 Å². The largest absolute Gasteiger partial charge is 0.377 e. The average molecular weight is 345 g/mol. The van der Waals surface area contributed by atoms with Crippen molar-refractivity contribution >= 4 is 21.4 Å². The highest BCUT2D eigenvalue weighted by atomic mass is 35.5. The molecule has 2 aliphatic rings. The van der Waals surface area contributed by atoms with E-state index in [1.807, 2.05) is 12.1 Å². The maximum atomic E-state index is 11.8. The Balaban J connectivity index is 1.73. The first-order chi connectivity index (χ1) is 10.5. The van der Waals surface area contributed by atoms with Gasteiger partial charge in [0.1, 0.15) is 5.15 Å². The Morgan fingerprint density at radius 3 is 2.86 bits per heavy atom. The molecule has 2 aliphatic heterocycles. The van der Waals surface area contributed by atoms with Crippen molar-refractivity contribution in [1.29, 1.82) is 0 Å². The summed E-state index contributed by atoms with van der Waals surface area (Å²) in [6.07, 6.45) is 3.01. The van der Waals surface area contributed by atoms with Gasteiger partial charge in [-0.25, -0.2) is 13.4 Å². The molecule has 2 saturated heterocycles. The first-order valence-electron chi connectivity index (χ1n) is 7.69. The van der Waals surface area contributed by atoms with Gasteiger partial charge in [0.15, 0.2) is 9.84 Å². The molecule has 2 atom stereocenters. The number of aromatic nitrogens is 1. The Morgan fingerprint density at radius 2 is 2.23 bits per heavy atom. The van der Waals surface area contributed by atoms with Gasteiger partial charge in [0, 0.05) is 25.7 Å². The molecule has 0 amide bonds. The summed E-state index contributed by atoms with van der Waals surface area (Å²) in [5, 5.41) is 0.466. The van der Waals surface area contributed by atoms with Gasteiger partial charge in [0.25, 0.3) is 0 Å². The van der Waals surface area contributed by atoms with Crippen LogP contribution >= 0.6 is 11.6 Å². The second-order valence-corrected chi connectivity index (χ2v) is 8.69. The van der Waals surface area contributed by atoms with Crippen molar-refractivity contribution < 1.29 is 13.2 Å². The van der Waals surface area contributed by atoms with Crippen molar-refractivity contribution in [2.24, 2.45) is 0 Å². The summed E-state index contributed by atoms with van der Waals surface area (Å²) < 4.78 is 29.3. The topological polar surface area (TPSA) is 59.5 Å². The molecule has 0 saturated carbocycles. The van der Waals surface area contributed by atoms with E-state index < -0.39 is 9.84 Å². The molecule has 0 unspecified atom stereocenters. The van der Waals surface area contributed by atoms with Gasteiger partial charge in [0.05, 0.1) is 23.3 Å². The van der Waals surface area contributed by atoms with Gasteiger partial charge in [0.2, 0.25) is 0 Å². The van der Waals surface area contributed by atoms with Crippen LogP contribution in [0.3, 0.4) is 0 Å². The van der Waals surface area contributed by atoms with E-state index in [2.05, 4.69) is 9.88 Å². The minimum atomic E-state index is -2.90. The minimum Gasteiger partial charge on any atom is -0.377 e. The molecule has 122 valence electrons. The van der Waals surface area contributed by atoms with Crippen molar-refractivity contribution in [2.45, 2.75) is 38.0 Å². The van der Waals surface area contributed by atoms with E-state index in [0.717, 1.165) is 31.7 Å². The van der Waals surface area contributed by atoms with Crippen LogP contribution < -0.4 is 0 Å². The molecule has 0 aromatic carbocycles. The number of pyridine rings is 1. The fourth-order valence-corrected chi connectivity index (χ4v) is 5.15. The lowest BCUT2D eigenvalue weighted by Crippen LogP contribution is -2.40. The molecule has 22 heavy (non-hydrogen) atoms. The number of hydrogen-bond acceptors (Lipinski definition) is 5. The molecule has 0 bridgehead atoms. The first kappa shape index (κ1) is 16.2. The lowest BCUT2D eigenvalue weighted by molar-refractivity contribution is 0.0569. The monoisotopic (exact) mass is 344 g/mol. The van der Waals surface area contributed by atoms with Crippen LogP contribution in [0.2, 0.25) is 5.15 Å². The Hall–Kier alpha value is -0.690. The molecule has 0 aliphatic carbocycles. The Morgan fingerprint density at radius 1 is 1.36 bits per heavy atom. The fourth-order valence-electron chi connectivity index (χ4n) is 3.20. The average Bonchev–Trinajstić information content (AvgIpc) is 3.07. The number of rotatable bonds is 5. The minimum absolute atomic E-state index is 0.0509. The summed E-state index contributed by atoms with van der Waals surface area (Å²) >= 11 is 5.95. The summed E-state index contributed by atoms with van der Waals surface area (Å²) in [6.45, 7) is 2.17. The SMILES string of the molecule is O=S1(=O)CC[C@H](N(Cc2cccc(Cl)n2)C[C@@H]2CCCO2)C1. The highest BCUT2D eigenvalue weighted by Gasteiger charge is 2.34. The van der Waals surface area contributed by atoms with Crippen LogP contribution in [0.4, 0.5) is 0 Å². The zero-order chi connectivity index (χ0) is 15.6. The van der Waals surface area contributed by atoms with E-state index in [1.165, 1.54) is 0 Å². The van der Waals surface area contributed by atoms with Gasteiger partial charge in [-0.1, -0.05) is 17.7 Å². The normalized spacial score (nSPS) is 27.5.